The molecule has 1 aromatic rings. The van der Waals surface area contributed by atoms with Crippen LogP contribution >= 0.6 is 11.8 Å². The standard InChI is InChI=1S/C15H19NO3S/c1-15(2,3)19-13(17)10-16-9-8-14(18)20-12-7-5-4-6-11(12)16/h4-7H,8-10H2,1-3H3. The molecule has 0 saturated carbocycles. The van der Waals surface area contributed by atoms with Gasteiger partial charge in [0.1, 0.15) is 12.1 Å². The highest BCUT2D eigenvalue weighted by Crippen LogP contribution is 2.34. The van der Waals surface area contributed by atoms with E-state index in [2.05, 4.69) is 0 Å². The van der Waals surface area contributed by atoms with Gasteiger partial charge in [-0.1, -0.05) is 12.1 Å². The zero-order chi connectivity index (χ0) is 14.8. The molecule has 0 spiro atoms. The predicted octanol–water partition coefficient (Wildman–Crippen LogP) is 2.86. The Hall–Kier alpha value is -1.49. The van der Waals surface area contributed by atoms with E-state index in [0.29, 0.717) is 13.0 Å². The SMILES string of the molecule is CC(C)(C)OC(=O)CN1CCC(=O)Sc2ccccc21. The molecule has 2 rings (SSSR count). The third kappa shape index (κ3) is 4.00. The van der Waals surface area contributed by atoms with Crippen molar-refractivity contribution >= 4 is 28.5 Å². The summed E-state index contributed by atoms with van der Waals surface area (Å²) in [5.41, 5.74) is 0.432. The number of hydrogen-bond donors (Lipinski definition) is 0. The quantitative estimate of drug-likeness (QED) is 0.785. The van der Waals surface area contributed by atoms with E-state index in [-0.39, 0.29) is 17.6 Å². The summed E-state index contributed by atoms with van der Waals surface area (Å²) < 4.78 is 5.35. The van der Waals surface area contributed by atoms with Gasteiger partial charge in [-0.15, -0.1) is 0 Å². The second kappa shape index (κ2) is 5.87. The lowest BCUT2D eigenvalue weighted by Crippen LogP contribution is -2.35. The molecular formula is C15H19NO3S. The van der Waals surface area contributed by atoms with Gasteiger partial charge in [-0.2, -0.15) is 0 Å². The fraction of sp³-hybridized carbons (Fsp3) is 0.467. The molecule has 0 atom stereocenters. The van der Waals surface area contributed by atoms with Crippen LogP contribution in [0.25, 0.3) is 0 Å². The van der Waals surface area contributed by atoms with Gasteiger partial charge in [0.2, 0.25) is 0 Å². The van der Waals surface area contributed by atoms with Gasteiger partial charge < -0.3 is 9.64 Å². The molecule has 0 fully saturated rings. The van der Waals surface area contributed by atoms with Gasteiger partial charge in [0.25, 0.3) is 0 Å². The van der Waals surface area contributed by atoms with E-state index in [1.807, 2.05) is 49.9 Å². The molecule has 5 heteroatoms. The Morgan fingerprint density at radius 2 is 2.05 bits per heavy atom. The number of hydrogen-bond acceptors (Lipinski definition) is 5. The van der Waals surface area contributed by atoms with Gasteiger partial charge in [0.05, 0.1) is 5.69 Å². The fourth-order valence-corrected chi connectivity index (χ4v) is 2.91. The highest BCUT2D eigenvalue weighted by atomic mass is 32.2. The molecule has 0 unspecified atom stereocenters. The molecular weight excluding hydrogens is 274 g/mol. The molecule has 1 aliphatic heterocycles. The van der Waals surface area contributed by atoms with Crippen LogP contribution in [0.2, 0.25) is 0 Å². The molecule has 108 valence electrons. The maximum absolute atomic E-state index is 12.0. The molecule has 20 heavy (non-hydrogen) atoms. The lowest BCUT2D eigenvalue weighted by molar-refractivity contribution is -0.153. The van der Waals surface area contributed by atoms with Gasteiger partial charge >= 0.3 is 5.97 Å². The fourth-order valence-electron chi connectivity index (χ4n) is 2.02. The van der Waals surface area contributed by atoms with Crippen LogP contribution in [0.5, 0.6) is 0 Å². The summed E-state index contributed by atoms with van der Waals surface area (Å²) in [6.07, 6.45) is 0.433. The zero-order valence-electron chi connectivity index (χ0n) is 12.0. The number of esters is 1. The molecule has 0 N–H and O–H groups in total. The van der Waals surface area contributed by atoms with Crippen LogP contribution in [0.1, 0.15) is 27.2 Å². The monoisotopic (exact) mass is 293 g/mol. The molecule has 0 aromatic heterocycles. The summed E-state index contributed by atoms with van der Waals surface area (Å²) in [7, 11) is 0. The average molecular weight is 293 g/mol. The van der Waals surface area contributed by atoms with Crippen molar-refractivity contribution in [3.63, 3.8) is 0 Å². The number of carbonyl (C=O) groups excluding carboxylic acids is 2. The molecule has 0 bridgehead atoms. The highest BCUT2D eigenvalue weighted by Gasteiger charge is 2.24. The Balaban J connectivity index is 2.16. The molecule has 0 saturated heterocycles. The van der Waals surface area contributed by atoms with Gasteiger partial charge in [-0.3, -0.25) is 9.59 Å². The maximum atomic E-state index is 12.0. The van der Waals surface area contributed by atoms with Gasteiger partial charge in [0.15, 0.2) is 5.12 Å². The number of fused-ring (bicyclic) bond motifs is 1. The first kappa shape index (κ1) is 14.9. The minimum Gasteiger partial charge on any atom is -0.459 e. The number of thioether (sulfide) groups is 1. The lowest BCUT2D eigenvalue weighted by atomic mass is 10.2. The minimum absolute atomic E-state index is 0.129. The van der Waals surface area contributed by atoms with Crippen molar-refractivity contribution in [3.05, 3.63) is 24.3 Å². The first-order valence-electron chi connectivity index (χ1n) is 6.62. The first-order chi connectivity index (χ1) is 9.35. The number of para-hydroxylation sites is 1. The van der Waals surface area contributed by atoms with Crippen LogP contribution in [0, 0.1) is 0 Å². The van der Waals surface area contributed by atoms with Crippen LogP contribution < -0.4 is 4.90 Å². The molecule has 1 aromatic carbocycles. The first-order valence-corrected chi connectivity index (χ1v) is 7.43. The largest absolute Gasteiger partial charge is 0.459 e. The lowest BCUT2D eigenvalue weighted by Gasteiger charge is -2.26. The van der Waals surface area contributed by atoms with Crippen molar-refractivity contribution in [1.82, 2.24) is 0 Å². The van der Waals surface area contributed by atoms with Crippen LogP contribution in [-0.2, 0) is 14.3 Å². The Morgan fingerprint density at radius 3 is 2.75 bits per heavy atom. The molecule has 4 nitrogen and oxygen atoms in total. The number of carbonyl (C=O) groups is 2. The summed E-state index contributed by atoms with van der Waals surface area (Å²) >= 11 is 1.24. The van der Waals surface area contributed by atoms with E-state index in [4.69, 9.17) is 4.74 Å². The van der Waals surface area contributed by atoms with E-state index in [9.17, 15) is 9.59 Å². The van der Waals surface area contributed by atoms with Gasteiger partial charge in [0, 0.05) is 17.9 Å². The van der Waals surface area contributed by atoms with Crippen molar-refractivity contribution < 1.29 is 14.3 Å². The average Bonchev–Trinajstić information content (AvgIpc) is 2.47. The second-order valence-electron chi connectivity index (χ2n) is 5.70. The van der Waals surface area contributed by atoms with Crippen molar-refractivity contribution in [2.24, 2.45) is 0 Å². The van der Waals surface area contributed by atoms with E-state index in [0.717, 1.165) is 10.6 Å². The van der Waals surface area contributed by atoms with E-state index in [1.54, 1.807) is 0 Å². The number of ether oxygens (including phenoxy) is 1. The Labute approximate surface area is 123 Å². The van der Waals surface area contributed by atoms with Crippen molar-refractivity contribution in [2.45, 2.75) is 37.7 Å². The van der Waals surface area contributed by atoms with Crippen LogP contribution in [0.15, 0.2) is 29.2 Å². The van der Waals surface area contributed by atoms with Gasteiger partial charge in [-0.25, -0.2) is 0 Å². The molecule has 0 aliphatic carbocycles. The maximum Gasteiger partial charge on any atom is 0.326 e. The van der Waals surface area contributed by atoms with E-state index < -0.39 is 5.60 Å². The topological polar surface area (TPSA) is 46.6 Å². The van der Waals surface area contributed by atoms with Crippen LogP contribution in [0.4, 0.5) is 5.69 Å². The minimum atomic E-state index is -0.493. The molecule has 0 radical (unpaired) electrons. The second-order valence-corrected chi connectivity index (χ2v) is 6.80. The summed E-state index contributed by atoms with van der Waals surface area (Å²) in [6, 6.07) is 7.66. The number of anilines is 1. The summed E-state index contributed by atoms with van der Waals surface area (Å²) in [4.78, 5) is 26.5. The molecule has 1 aliphatic rings. The Morgan fingerprint density at radius 1 is 1.35 bits per heavy atom. The smallest absolute Gasteiger partial charge is 0.326 e. The van der Waals surface area contributed by atoms with E-state index in [1.165, 1.54) is 11.8 Å². The Kier molecular flexibility index (Phi) is 4.38. The number of nitrogens with zero attached hydrogens (tertiary/aromatic N) is 1. The summed E-state index contributed by atoms with van der Waals surface area (Å²) in [6.45, 7) is 6.26. The zero-order valence-corrected chi connectivity index (χ0v) is 12.8. The van der Waals surface area contributed by atoms with Crippen LogP contribution in [0.3, 0.4) is 0 Å². The van der Waals surface area contributed by atoms with Crippen LogP contribution in [-0.4, -0.2) is 29.8 Å². The third-order valence-electron chi connectivity index (χ3n) is 2.76. The summed E-state index contributed by atoms with van der Waals surface area (Å²) in [5.74, 6) is -0.272. The van der Waals surface area contributed by atoms with Crippen molar-refractivity contribution in [1.29, 1.82) is 0 Å². The predicted molar refractivity (Wildman–Crippen MR) is 80.0 cm³/mol. The highest BCUT2D eigenvalue weighted by molar-refractivity contribution is 8.13. The van der Waals surface area contributed by atoms with E-state index >= 15 is 0 Å². The molecule has 0 amide bonds. The third-order valence-corrected chi connectivity index (χ3v) is 3.75. The molecule has 1 heterocycles. The Bertz CT molecular complexity index is 522. The van der Waals surface area contributed by atoms with Crippen molar-refractivity contribution in [3.8, 4) is 0 Å². The number of rotatable bonds is 2. The number of benzene rings is 1. The normalized spacial score (nSPS) is 15.6. The van der Waals surface area contributed by atoms with Crippen molar-refractivity contribution in [2.75, 3.05) is 18.0 Å². The van der Waals surface area contributed by atoms with Gasteiger partial charge in [-0.05, 0) is 44.7 Å². The summed E-state index contributed by atoms with van der Waals surface area (Å²) in [5, 5.41) is 0.129.